The van der Waals surface area contributed by atoms with Gasteiger partial charge < -0.3 is 5.73 Å². The number of rotatable bonds is 2. The average molecular weight is 300 g/mol. The molecule has 0 aliphatic heterocycles. The maximum absolute atomic E-state index is 12.4. The zero-order valence-corrected chi connectivity index (χ0v) is 11.3. The number of hydrogen-bond acceptors (Lipinski definition) is 3. The Balaban J connectivity index is 1.89. The molecule has 2 saturated carbocycles. The molecule has 2 aliphatic carbocycles. The van der Waals surface area contributed by atoms with Gasteiger partial charge in [-0.2, -0.15) is 11.3 Å². The highest BCUT2D eigenvalue weighted by atomic mass is 79.9. The highest BCUT2D eigenvalue weighted by Gasteiger charge is 2.49. The first-order valence-corrected chi connectivity index (χ1v) is 7.43. The molecule has 4 heteroatoms. The Labute approximate surface area is 107 Å². The molecular weight excluding hydrogens is 286 g/mol. The zero-order chi connectivity index (χ0) is 11.3. The average Bonchev–Trinajstić information content (AvgIpc) is 2.92. The molecule has 0 amide bonds. The van der Waals surface area contributed by atoms with Gasteiger partial charge in [0.1, 0.15) is 0 Å². The molecule has 0 aromatic carbocycles. The molecule has 2 fully saturated rings. The summed E-state index contributed by atoms with van der Waals surface area (Å²) in [6.45, 7) is 0. The van der Waals surface area contributed by atoms with E-state index in [2.05, 4.69) is 15.9 Å². The molecule has 1 aromatic heterocycles. The van der Waals surface area contributed by atoms with Gasteiger partial charge in [0.25, 0.3) is 0 Å². The van der Waals surface area contributed by atoms with Gasteiger partial charge in [0.2, 0.25) is 0 Å². The first kappa shape index (κ1) is 10.9. The SMILES string of the molecule is NC1C2CCC(C2)C1C(=O)c1cscc1Br. The number of hydrogen-bond donors (Lipinski definition) is 1. The van der Waals surface area contributed by atoms with Crippen molar-refractivity contribution >= 4 is 33.0 Å². The van der Waals surface area contributed by atoms with Gasteiger partial charge in [-0.3, -0.25) is 4.79 Å². The van der Waals surface area contributed by atoms with Gasteiger partial charge in [0, 0.05) is 32.8 Å². The first-order chi connectivity index (χ1) is 7.68. The van der Waals surface area contributed by atoms with E-state index in [0.717, 1.165) is 10.0 Å². The summed E-state index contributed by atoms with van der Waals surface area (Å²) in [4.78, 5) is 12.4. The number of carbonyl (C=O) groups excluding carboxylic acids is 1. The van der Waals surface area contributed by atoms with E-state index in [4.69, 9.17) is 5.73 Å². The van der Waals surface area contributed by atoms with Crippen LogP contribution in [-0.4, -0.2) is 11.8 Å². The Morgan fingerprint density at radius 1 is 1.38 bits per heavy atom. The molecule has 0 spiro atoms. The Morgan fingerprint density at radius 3 is 2.69 bits per heavy atom. The molecule has 2 bridgehead atoms. The molecule has 4 atom stereocenters. The van der Waals surface area contributed by atoms with Crippen LogP contribution in [0.1, 0.15) is 29.6 Å². The minimum atomic E-state index is 0.0737. The van der Waals surface area contributed by atoms with E-state index < -0.39 is 0 Å². The number of halogens is 1. The number of carbonyl (C=O) groups is 1. The third-order valence-electron chi connectivity index (χ3n) is 4.16. The molecule has 0 radical (unpaired) electrons. The molecule has 3 rings (SSSR count). The fourth-order valence-corrected chi connectivity index (χ4v) is 4.84. The molecule has 1 aromatic rings. The first-order valence-electron chi connectivity index (χ1n) is 5.70. The van der Waals surface area contributed by atoms with Gasteiger partial charge in [0.15, 0.2) is 5.78 Å². The van der Waals surface area contributed by atoms with Gasteiger partial charge >= 0.3 is 0 Å². The Hall–Kier alpha value is -0.190. The largest absolute Gasteiger partial charge is 0.327 e. The lowest BCUT2D eigenvalue weighted by atomic mass is 9.80. The van der Waals surface area contributed by atoms with Crippen LogP contribution in [-0.2, 0) is 0 Å². The van der Waals surface area contributed by atoms with Crippen molar-refractivity contribution in [2.75, 3.05) is 0 Å². The van der Waals surface area contributed by atoms with Crippen molar-refractivity contribution in [2.45, 2.75) is 25.3 Å². The molecule has 0 saturated heterocycles. The Kier molecular flexibility index (Phi) is 2.68. The van der Waals surface area contributed by atoms with Gasteiger partial charge in [-0.25, -0.2) is 0 Å². The zero-order valence-electron chi connectivity index (χ0n) is 8.86. The van der Waals surface area contributed by atoms with Crippen LogP contribution in [0.25, 0.3) is 0 Å². The summed E-state index contributed by atoms with van der Waals surface area (Å²) < 4.78 is 0.928. The van der Waals surface area contributed by atoms with Crippen LogP contribution in [0.4, 0.5) is 0 Å². The van der Waals surface area contributed by atoms with Crippen molar-refractivity contribution in [3.63, 3.8) is 0 Å². The summed E-state index contributed by atoms with van der Waals surface area (Å²) in [5, 5.41) is 3.90. The predicted molar refractivity (Wildman–Crippen MR) is 68.6 cm³/mol. The highest BCUT2D eigenvalue weighted by molar-refractivity contribution is 9.10. The molecule has 86 valence electrons. The molecule has 2 aliphatic rings. The molecule has 1 heterocycles. The maximum Gasteiger partial charge on any atom is 0.169 e. The third kappa shape index (κ3) is 1.50. The van der Waals surface area contributed by atoms with E-state index in [-0.39, 0.29) is 17.7 Å². The van der Waals surface area contributed by atoms with Crippen LogP contribution < -0.4 is 5.73 Å². The standard InChI is InChI=1S/C12H14BrNOS/c13-9-5-16-4-8(9)12(15)10-6-1-2-7(3-6)11(10)14/h4-7,10-11H,1-3,14H2. The van der Waals surface area contributed by atoms with Crippen molar-refractivity contribution in [3.8, 4) is 0 Å². The summed E-state index contributed by atoms with van der Waals surface area (Å²) in [5.41, 5.74) is 7.02. The van der Waals surface area contributed by atoms with Crippen LogP contribution in [0, 0.1) is 17.8 Å². The Bertz CT molecular complexity index is 428. The van der Waals surface area contributed by atoms with Gasteiger partial charge in [-0.15, -0.1) is 0 Å². The van der Waals surface area contributed by atoms with Crippen molar-refractivity contribution < 1.29 is 4.79 Å². The fourth-order valence-electron chi connectivity index (χ4n) is 3.36. The normalized spacial score (nSPS) is 36.9. The lowest BCUT2D eigenvalue weighted by Gasteiger charge is -2.26. The second kappa shape index (κ2) is 3.93. The number of Topliss-reactive ketones (excluding diaryl/α,β-unsaturated/α-hetero) is 1. The molecule has 16 heavy (non-hydrogen) atoms. The second-order valence-electron chi connectivity index (χ2n) is 4.93. The van der Waals surface area contributed by atoms with Gasteiger partial charge in [0.05, 0.1) is 0 Å². The van der Waals surface area contributed by atoms with Crippen LogP contribution in [0.3, 0.4) is 0 Å². The fraction of sp³-hybridized carbons (Fsp3) is 0.583. The topological polar surface area (TPSA) is 43.1 Å². The number of ketones is 1. The third-order valence-corrected chi connectivity index (χ3v) is 5.87. The lowest BCUT2D eigenvalue weighted by Crippen LogP contribution is -2.40. The molecule has 4 unspecified atom stereocenters. The van der Waals surface area contributed by atoms with Crippen molar-refractivity contribution in [2.24, 2.45) is 23.5 Å². The van der Waals surface area contributed by atoms with E-state index in [1.165, 1.54) is 19.3 Å². The van der Waals surface area contributed by atoms with E-state index in [9.17, 15) is 4.79 Å². The molecule has 2 nitrogen and oxygen atoms in total. The van der Waals surface area contributed by atoms with Gasteiger partial charge in [-0.05, 0) is 47.0 Å². The summed E-state index contributed by atoms with van der Waals surface area (Å²) in [6, 6.07) is 0.0954. The summed E-state index contributed by atoms with van der Waals surface area (Å²) in [6.07, 6.45) is 3.58. The predicted octanol–water partition coefficient (Wildman–Crippen LogP) is 3.07. The maximum atomic E-state index is 12.4. The molecular formula is C12H14BrNOS. The summed E-state index contributed by atoms with van der Waals surface area (Å²) in [7, 11) is 0. The number of thiophene rings is 1. The smallest absolute Gasteiger partial charge is 0.169 e. The number of fused-ring (bicyclic) bond motifs is 2. The van der Waals surface area contributed by atoms with Gasteiger partial charge in [-0.1, -0.05) is 0 Å². The van der Waals surface area contributed by atoms with Crippen LogP contribution >= 0.6 is 27.3 Å². The van der Waals surface area contributed by atoms with E-state index in [1.807, 2.05) is 10.8 Å². The second-order valence-corrected chi connectivity index (χ2v) is 6.53. The minimum Gasteiger partial charge on any atom is -0.327 e. The van der Waals surface area contributed by atoms with Crippen LogP contribution in [0.5, 0.6) is 0 Å². The summed E-state index contributed by atoms with van der Waals surface area (Å²) >= 11 is 5.00. The van der Waals surface area contributed by atoms with Crippen molar-refractivity contribution in [1.29, 1.82) is 0 Å². The van der Waals surface area contributed by atoms with E-state index >= 15 is 0 Å². The Morgan fingerprint density at radius 2 is 2.12 bits per heavy atom. The van der Waals surface area contributed by atoms with E-state index in [0.29, 0.717) is 11.8 Å². The minimum absolute atomic E-state index is 0.0737. The van der Waals surface area contributed by atoms with Crippen molar-refractivity contribution in [3.05, 3.63) is 20.8 Å². The van der Waals surface area contributed by atoms with Crippen LogP contribution in [0.2, 0.25) is 0 Å². The van der Waals surface area contributed by atoms with E-state index in [1.54, 1.807) is 11.3 Å². The quantitative estimate of drug-likeness (QED) is 0.853. The van der Waals surface area contributed by atoms with Crippen LogP contribution in [0.15, 0.2) is 15.2 Å². The molecule has 2 N–H and O–H groups in total. The van der Waals surface area contributed by atoms with Crippen molar-refractivity contribution in [1.82, 2.24) is 0 Å². The highest BCUT2D eigenvalue weighted by Crippen LogP contribution is 2.49. The monoisotopic (exact) mass is 299 g/mol. The summed E-state index contributed by atoms with van der Waals surface area (Å²) in [5.74, 6) is 1.47. The lowest BCUT2D eigenvalue weighted by molar-refractivity contribution is 0.0856. The number of nitrogens with two attached hydrogens (primary N) is 1.